The number of anilines is 3. The zero-order chi connectivity index (χ0) is 21.2. The van der Waals surface area contributed by atoms with Crippen LogP contribution in [-0.2, 0) is 9.53 Å². The number of amides is 1. The summed E-state index contributed by atoms with van der Waals surface area (Å²) >= 11 is 0. The standard InChI is InChI=1S/C24H27N5O2/c1-27(19-7-3-2-4-8-19)24(30)18-11-12-29(17-18)23-22(28-13-15-31-16-14-28)25-20-9-5-6-10-21(20)26-23/h2-10,18H,11-17H2,1H3. The van der Waals surface area contributed by atoms with Gasteiger partial charge in [-0.3, -0.25) is 4.79 Å². The first kappa shape index (κ1) is 19.8. The second-order valence-electron chi connectivity index (χ2n) is 8.12. The molecule has 1 unspecified atom stereocenters. The molecular weight excluding hydrogens is 390 g/mol. The van der Waals surface area contributed by atoms with Crippen LogP contribution in [-0.4, -0.2) is 62.3 Å². The smallest absolute Gasteiger partial charge is 0.231 e. The molecule has 2 saturated heterocycles. The Morgan fingerprint density at radius 3 is 2.19 bits per heavy atom. The maximum Gasteiger partial charge on any atom is 0.231 e. The van der Waals surface area contributed by atoms with E-state index in [2.05, 4.69) is 9.80 Å². The molecule has 2 fully saturated rings. The number of benzene rings is 2. The highest BCUT2D eigenvalue weighted by molar-refractivity contribution is 5.95. The Labute approximate surface area is 182 Å². The number of nitrogens with zero attached hydrogens (tertiary/aromatic N) is 5. The van der Waals surface area contributed by atoms with Crippen LogP contribution in [0.3, 0.4) is 0 Å². The molecule has 31 heavy (non-hydrogen) atoms. The van der Waals surface area contributed by atoms with Crippen LogP contribution in [0.15, 0.2) is 54.6 Å². The molecule has 3 heterocycles. The van der Waals surface area contributed by atoms with Crippen LogP contribution < -0.4 is 14.7 Å². The Hall–Kier alpha value is -3.19. The number of hydrogen-bond donors (Lipinski definition) is 0. The monoisotopic (exact) mass is 417 g/mol. The molecule has 1 atom stereocenters. The normalized spacial score (nSPS) is 19.1. The first-order valence-corrected chi connectivity index (χ1v) is 10.9. The van der Waals surface area contributed by atoms with E-state index < -0.39 is 0 Å². The summed E-state index contributed by atoms with van der Waals surface area (Å²) in [7, 11) is 1.86. The number of ether oxygens (including phenoxy) is 1. The van der Waals surface area contributed by atoms with Crippen molar-refractivity contribution in [1.29, 1.82) is 0 Å². The van der Waals surface area contributed by atoms with Crippen molar-refractivity contribution < 1.29 is 9.53 Å². The average molecular weight is 418 g/mol. The number of morpholine rings is 1. The van der Waals surface area contributed by atoms with Gasteiger partial charge in [-0.1, -0.05) is 30.3 Å². The number of rotatable bonds is 4. The molecule has 2 aromatic carbocycles. The zero-order valence-electron chi connectivity index (χ0n) is 17.8. The van der Waals surface area contributed by atoms with Gasteiger partial charge in [0.05, 0.1) is 30.2 Å². The predicted molar refractivity (Wildman–Crippen MR) is 123 cm³/mol. The molecule has 7 heteroatoms. The van der Waals surface area contributed by atoms with E-state index in [1.165, 1.54) is 0 Å². The highest BCUT2D eigenvalue weighted by Crippen LogP contribution is 2.33. The molecule has 0 radical (unpaired) electrons. The number of fused-ring (bicyclic) bond motifs is 1. The van der Waals surface area contributed by atoms with Crippen molar-refractivity contribution in [2.24, 2.45) is 5.92 Å². The fourth-order valence-corrected chi connectivity index (χ4v) is 4.39. The topological polar surface area (TPSA) is 61.8 Å². The SMILES string of the molecule is CN(C(=O)C1CCN(c2nc3ccccc3nc2N2CCOCC2)C1)c1ccccc1. The van der Waals surface area contributed by atoms with Crippen molar-refractivity contribution in [3.8, 4) is 0 Å². The maximum atomic E-state index is 13.2. The fourth-order valence-electron chi connectivity index (χ4n) is 4.39. The van der Waals surface area contributed by atoms with E-state index in [-0.39, 0.29) is 11.8 Å². The fraction of sp³-hybridized carbons (Fsp3) is 0.375. The number of hydrogen-bond acceptors (Lipinski definition) is 6. The van der Waals surface area contributed by atoms with E-state index >= 15 is 0 Å². The van der Waals surface area contributed by atoms with Crippen molar-refractivity contribution in [3.05, 3.63) is 54.6 Å². The van der Waals surface area contributed by atoms with Gasteiger partial charge in [0.1, 0.15) is 0 Å². The lowest BCUT2D eigenvalue weighted by Crippen LogP contribution is -2.39. The van der Waals surface area contributed by atoms with Crippen LogP contribution in [0.25, 0.3) is 11.0 Å². The van der Waals surface area contributed by atoms with Crippen molar-refractivity contribution in [2.75, 3.05) is 61.1 Å². The molecule has 5 rings (SSSR count). The quantitative estimate of drug-likeness (QED) is 0.651. The number of para-hydroxylation sites is 3. The molecule has 0 aliphatic carbocycles. The summed E-state index contributed by atoms with van der Waals surface area (Å²) in [6.07, 6.45) is 0.813. The molecule has 0 spiro atoms. The van der Waals surface area contributed by atoms with Crippen LogP contribution in [0.4, 0.5) is 17.3 Å². The van der Waals surface area contributed by atoms with E-state index in [4.69, 9.17) is 14.7 Å². The molecule has 2 aliphatic rings. The summed E-state index contributed by atoms with van der Waals surface area (Å²) in [4.78, 5) is 29.4. The minimum Gasteiger partial charge on any atom is -0.378 e. The Morgan fingerprint density at radius 2 is 1.52 bits per heavy atom. The average Bonchev–Trinajstić information content (AvgIpc) is 3.33. The van der Waals surface area contributed by atoms with Gasteiger partial charge in [0.2, 0.25) is 5.91 Å². The van der Waals surface area contributed by atoms with Crippen molar-refractivity contribution in [2.45, 2.75) is 6.42 Å². The Morgan fingerprint density at radius 1 is 0.903 bits per heavy atom. The van der Waals surface area contributed by atoms with Crippen LogP contribution in [0.1, 0.15) is 6.42 Å². The Kier molecular flexibility index (Phi) is 5.42. The summed E-state index contributed by atoms with van der Waals surface area (Å²) in [5, 5.41) is 0. The van der Waals surface area contributed by atoms with Gasteiger partial charge in [-0.05, 0) is 30.7 Å². The van der Waals surface area contributed by atoms with Crippen molar-refractivity contribution >= 4 is 34.3 Å². The Balaban J connectivity index is 1.42. The number of carbonyl (C=O) groups excluding carboxylic acids is 1. The van der Waals surface area contributed by atoms with E-state index in [0.29, 0.717) is 19.8 Å². The summed E-state index contributed by atoms with van der Waals surface area (Å²) in [5.74, 6) is 1.86. The van der Waals surface area contributed by atoms with Gasteiger partial charge in [0.15, 0.2) is 11.6 Å². The van der Waals surface area contributed by atoms with Crippen LogP contribution in [0, 0.1) is 5.92 Å². The molecule has 0 bridgehead atoms. The van der Waals surface area contributed by atoms with Gasteiger partial charge in [0, 0.05) is 38.9 Å². The molecule has 160 valence electrons. The second-order valence-corrected chi connectivity index (χ2v) is 8.12. The summed E-state index contributed by atoms with van der Waals surface area (Å²) in [5.41, 5.74) is 2.69. The molecule has 2 aliphatic heterocycles. The lowest BCUT2D eigenvalue weighted by Gasteiger charge is -2.31. The third kappa shape index (κ3) is 3.93. The van der Waals surface area contributed by atoms with Gasteiger partial charge in [-0.15, -0.1) is 0 Å². The van der Waals surface area contributed by atoms with Crippen LogP contribution in [0.5, 0.6) is 0 Å². The van der Waals surface area contributed by atoms with Crippen LogP contribution in [0.2, 0.25) is 0 Å². The number of aromatic nitrogens is 2. The first-order chi connectivity index (χ1) is 15.2. The highest BCUT2D eigenvalue weighted by Gasteiger charge is 2.33. The van der Waals surface area contributed by atoms with Crippen molar-refractivity contribution in [3.63, 3.8) is 0 Å². The minimum atomic E-state index is -0.0592. The highest BCUT2D eigenvalue weighted by atomic mass is 16.5. The molecule has 1 aromatic heterocycles. The first-order valence-electron chi connectivity index (χ1n) is 10.9. The van der Waals surface area contributed by atoms with Gasteiger partial charge in [0.25, 0.3) is 0 Å². The van der Waals surface area contributed by atoms with Crippen LogP contribution >= 0.6 is 0 Å². The molecular formula is C24H27N5O2. The van der Waals surface area contributed by atoms with E-state index in [9.17, 15) is 4.79 Å². The van der Waals surface area contributed by atoms with Gasteiger partial charge in [-0.25, -0.2) is 9.97 Å². The third-order valence-electron chi connectivity index (χ3n) is 6.16. The Bertz CT molecular complexity index is 1070. The summed E-state index contributed by atoms with van der Waals surface area (Å²) < 4.78 is 5.54. The maximum absolute atomic E-state index is 13.2. The number of carbonyl (C=O) groups is 1. The van der Waals surface area contributed by atoms with E-state index in [0.717, 1.165) is 54.4 Å². The van der Waals surface area contributed by atoms with Crippen molar-refractivity contribution in [1.82, 2.24) is 9.97 Å². The lowest BCUT2D eigenvalue weighted by atomic mass is 10.1. The molecule has 0 saturated carbocycles. The third-order valence-corrected chi connectivity index (χ3v) is 6.16. The lowest BCUT2D eigenvalue weighted by molar-refractivity contribution is -0.121. The van der Waals surface area contributed by atoms with Gasteiger partial charge < -0.3 is 19.4 Å². The molecule has 3 aromatic rings. The van der Waals surface area contributed by atoms with E-state index in [1.807, 2.05) is 61.6 Å². The largest absolute Gasteiger partial charge is 0.378 e. The molecule has 7 nitrogen and oxygen atoms in total. The predicted octanol–water partition coefficient (Wildman–Crippen LogP) is 2.96. The summed E-state index contributed by atoms with van der Waals surface area (Å²) in [6, 6.07) is 17.8. The summed E-state index contributed by atoms with van der Waals surface area (Å²) in [6.45, 7) is 4.43. The van der Waals surface area contributed by atoms with E-state index in [1.54, 1.807) is 4.90 Å². The minimum absolute atomic E-state index is 0.0592. The van der Waals surface area contributed by atoms with Gasteiger partial charge >= 0.3 is 0 Å². The van der Waals surface area contributed by atoms with Gasteiger partial charge in [-0.2, -0.15) is 0 Å². The molecule has 0 N–H and O–H groups in total. The molecule has 1 amide bonds. The second kappa shape index (κ2) is 8.51. The zero-order valence-corrected chi connectivity index (χ0v) is 17.8.